The molecule has 1 aromatic heterocycles. The third-order valence-electron chi connectivity index (χ3n) is 2.07. The average molecular weight is 229 g/mol. The van der Waals surface area contributed by atoms with Crippen LogP contribution in [-0.2, 0) is 4.74 Å². The fourth-order valence-corrected chi connectivity index (χ4v) is 2.13. The van der Waals surface area contributed by atoms with Crippen molar-refractivity contribution in [1.29, 1.82) is 0 Å². The van der Waals surface area contributed by atoms with E-state index in [1.54, 1.807) is 18.4 Å². The van der Waals surface area contributed by atoms with Gasteiger partial charge >= 0.3 is 0 Å². The van der Waals surface area contributed by atoms with Crippen LogP contribution in [0.5, 0.6) is 0 Å². The van der Waals surface area contributed by atoms with Crippen molar-refractivity contribution in [2.24, 2.45) is 5.73 Å². The molecule has 4 nitrogen and oxygen atoms in total. The maximum Gasteiger partial charge on any atom is 0.185 e. The first-order valence-corrected chi connectivity index (χ1v) is 6.02. The van der Waals surface area contributed by atoms with Gasteiger partial charge in [-0.3, -0.25) is 0 Å². The minimum atomic E-state index is 0.716. The minimum Gasteiger partial charge on any atom is -0.383 e. The van der Waals surface area contributed by atoms with Crippen molar-refractivity contribution < 1.29 is 4.74 Å². The Labute approximate surface area is 95.1 Å². The second kappa shape index (κ2) is 6.76. The van der Waals surface area contributed by atoms with Gasteiger partial charge in [-0.2, -0.15) is 0 Å². The van der Waals surface area contributed by atoms with Gasteiger partial charge in [0, 0.05) is 25.6 Å². The van der Waals surface area contributed by atoms with Crippen LogP contribution in [0.15, 0.2) is 5.38 Å². The third kappa shape index (κ3) is 4.15. The Bertz CT molecular complexity index is 269. The third-order valence-corrected chi connectivity index (χ3v) is 3.09. The Kier molecular flexibility index (Phi) is 5.60. The van der Waals surface area contributed by atoms with E-state index in [4.69, 9.17) is 10.5 Å². The summed E-state index contributed by atoms with van der Waals surface area (Å²) in [5.74, 6) is 0. The number of hydrogen-bond acceptors (Lipinski definition) is 5. The van der Waals surface area contributed by atoms with Gasteiger partial charge in [-0.05, 0) is 19.9 Å². The maximum absolute atomic E-state index is 5.51. The first kappa shape index (κ1) is 12.4. The van der Waals surface area contributed by atoms with E-state index < -0.39 is 0 Å². The minimum absolute atomic E-state index is 0.716. The van der Waals surface area contributed by atoms with Crippen molar-refractivity contribution in [3.05, 3.63) is 11.1 Å². The molecule has 0 saturated carbocycles. The van der Waals surface area contributed by atoms with Crippen LogP contribution in [0.3, 0.4) is 0 Å². The summed E-state index contributed by atoms with van der Waals surface area (Å²) in [7, 11) is 1.72. The molecule has 0 bridgehead atoms. The standard InChI is InChI=1S/C10H19N3OS/c1-9-8-15-10(12-9)13(5-3-4-11)6-7-14-2/h8H,3-7,11H2,1-2H3. The van der Waals surface area contributed by atoms with E-state index in [-0.39, 0.29) is 0 Å². The van der Waals surface area contributed by atoms with E-state index in [0.29, 0.717) is 6.54 Å². The van der Waals surface area contributed by atoms with Crippen LogP contribution in [0.25, 0.3) is 0 Å². The molecule has 0 amide bonds. The van der Waals surface area contributed by atoms with Crippen LogP contribution in [0.2, 0.25) is 0 Å². The fourth-order valence-electron chi connectivity index (χ4n) is 1.27. The van der Waals surface area contributed by atoms with Crippen LogP contribution < -0.4 is 10.6 Å². The highest BCUT2D eigenvalue weighted by Gasteiger charge is 2.08. The number of aromatic nitrogens is 1. The first-order chi connectivity index (χ1) is 7.27. The molecule has 15 heavy (non-hydrogen) atoms. The molecule has 0 radical (unpaired) electrons. The van der Waals surface area contributed by atoms with Gasteiger partial charge in [0.25, 0.3) is 0 Å². The van der Waals surface area contributed by atoms with Crippen molar-refractivity contribution >= 4 is 16.5 Å². The van der Waals surface area contributed by atoms with E-state index >= 15 is 0 Å². The quantitative estimate of drug-likeness (QED) is 0.764. The monoisotopic (exact) mass is 229 g/mol. The molecule has 0 aliphatic rings. The summed E-state index contributed by atoms with van der Waals surface area (Å²) in [4.78, 5) is 6.70. The van der Waals surface area contributed by atoms with Gasteiger partial charge < -0.3 is 15.4 Å². The molecule has 0 fully saturated rings. The molecule has 1 heterocycles. The highest BCUT2D eigenvalue weighted by Crippen LogP contribution is 2.19. The lowest BCUT2D eigenvalue weighted by Crippen LogP contribution is -2.29. The smallest absolute Gasteiger partial charge is 0.185 e. The zero-order chi connectivity index (χ0) is 11.1. The summed E-state index contributed by atoms with van der Waals surface area (Å²) in [6.45, 7) is 5.28. The van der Waals surface area contributed by atoms with Crippen LogP contribution in [0.4, 0.5) is 5.13 Å². The van der Waals surface area contributed by atoms with Crippen LogP contribution in [0.1, 0.15) is 12.1 Å². The molecule has 0 saturated heterocycles. The van der Waals surface area contributed by atoms with Crippen LogP contribution >= 0.6 is 11.3 Å². The number of ether oxygens (including phenoxy) is 1. The second-order valence-corrected chi connectivity index (χ2v) is 4.23. The molecule has 1 aromatic rings. The van der Waals surface area contributed by atoms with Crippen molar-refractivity contribution in [2.45, 2.75) is 13.3 Å². The van der Waals surface area contributed by atoms with E-state index in [2.05, 4.69) is 15.3 Å². The normalized spacial score (nSPS) is 10.6. The average Bonchev–Trinajstić information content (AvgIpc) is 2.65. The lowest BCUT2D eigenvalue weighted by Gasteiger charge is -2.20. The summed E-state index contributed by atoms with van der Waals surface area (Å²) in [6.07, 6.45) is 0.988. The number of thiazole rings is 1. The van der Waals surface area contributed by atoms with Crippen molar-refractivity contribution in [1.82, 2.24) is 4.98 Å². The van der Waals surface area contributed by atoms with Gasteiger partial charge in [0.05, 0.1) is 12.3 Å². The topological polar surface area (TPSA) is 51.4 Å². The Balaban J connectivity index is 2.54. The van der Waals surface area contributed by atoms with Crippen molar-refractivity contribution in [2.75, 3.05) is 38.3 Å². The SMILES string of the molecule is COCCN(CCCN)c1nc(C)cs1. The molecule has 0 spiro atoms. The Morgan fingerprint density at radius 3 is 2.87 bits per heavy atom. The molecular weight excluding hydrogens is 210 g/mol. The lowest BCUT2D eigenvalue weighted by molar-refractivity contribution is 0.205. The van der Waals surface area contributed by atoms with Crippen LogP contribution in [0, 0.1) is 6.92 Å². The summed E-state index contributed by atoms with van der Waals surface area (Å²) in [5, 5.41) is 3.13. The molecule has 0 atom stereocenters. The number of nitrogens with zero attached hydrogens (tertiary/aromatic N) is 2. The van der Waals surface area contributed by atoms with E-state index in [0.717, 1.165) is 36.9 Å². The van der Waals surface area contributed by atoms with Gasteiger partial charge in [0.2, 0.25) is 0 Å². The predicted molar refractivity (Wildman–Crippen MR) is 64.6 cm³/mol. The summed E-state index contributed by atoms with van der Waals surface area (Å²) in [5.41, 5.74) is 6.59. The summed E-state index contributed by atoms with van der Waals surface area (Å²) >= 11 is 1.68. The second-order valence-electron chi connectivity index (χ2n) is 3.39. The molecule has 1 rings (SSSR count). The Hall–Kier alpha value is -0.650. The first-order valence-electron chi connectivity index (χ1n) is 5.14. The number of anilines is 1. The maximum atomic E-state index is 5.51. The van der Waals surface area contributed by atoms with Crippen molar-refractivity contribution in [3.8, 4) is 0 Å². The number of aryl methyl sites for hydroxylation is 1. The van der Waals surface area contributed by atoms with Gasteiger partial charge in [-0.25, -0.2) is 4.98 Å². The largest absolute Gasteiger partial charge is 0.383 e. The highest BCUT2D eigenvalue weighted by atomic mass is 32.1. The Morgan fingerprint density at radius 2 is 2.33 bits per heavy atom. The van der Waals surface area contributed by atoms with Crippen molar-refractivity contribution in [3.63, 3.8) is 0 Å². The molecule has 2 N–H and O–H groups in total. The molecule has 0 aliphatic heterocycles. The number of rotatable bonds is 7. The van der Waals surface area contributed by atoms with Gasteiger partial charge in [-0.1, -0.05) is 0 Å². The highest BCUT2D eigenvalue weighted by molar-refractivity contribution is 7.13. The number of hydrogen-bond donors (Lipinski definition) is 1. The number of nitrogens with two attached hydrogens (primary N) is 1. The molecule has 0 aromatic carbocycles. The molecule has 5 heteroatoms. The van der Waals surface area contributed by atoms with E-state index in [1.165, 1.54) is 0 Å². The summed E-state index contributed by atoms with van der Waals surface area (Å²) < 4.78 is 5.08. The van der Waals surface area contributed by atoms with Gasteiger partial charge in [0.15, 0.2) is 5.13 Å². The lowest BCUT2D eigenvalue weighted by atomic mass is 10.4. The summed E-state index contributed by atoms with van der Waals surface area (Å²) in [6, 6.07) is 0. The van der Waals surface area contributed by atoms with Gasteiger partial charge in [-0.15, -0.1) is 11.3 Å². The number of methoxy groups -OCH3 is 1. The van der Waals surface area contributed by atoms with Crippen LogP contribution in [-0.4, -0.2) is 38.3 Å². The van der Waals surface area contributed by atoms with Gasteiger partial charge in [0.1, 0.15) is 0 Å². The predicted octanol–water partition coefficient (Wildman–Crippen LogP) is 1.25. The fraction of sp³-hybridized carbons (Fsp3) is 0.700. The van der Waals surface area contributed by atoms with E-state index in [9.17, 15) is 0 Å². The van der Waals surface area contributed by atoms with E-state index in [1.807, 2.05) is 6.92 Å². The Morgan fingerprint density at radius 1 is 1.53 bits per heavy atom. The molecule has 0 unspecified atom stereocenters. The molecule has 86 valence electrons. The molecule has 0 aliphatic carbocycles. The molecular formula is C10H19N3OS. The zero-order valence-electron chi connectivity index (χ0n) is 9.40. The zero-order valence-corrected chi connectivity index (χ0v) is 10.2.